The van der Waals surface area contributed by atoms with Crippen molar-refractivity contribution in [1.29, 1.82) is 0 Å². The fraction of sp³-hybridized carbons (Fsp3) is 0.143. The second-order valence-corrected chi connectivity index (χ2v) is 4.44. The molecule has 0 aliphatic heterocycles. The number of halogens is 2. The van der Waals surface area contributed by atoms with E-state index in [0.29, 0.717) is 16.7 Å². The van der Waals surface area contributed by atoms with Crippen LogP contribution >= 0.6 is 0 Å². The van der Waals surface area contributed by atoms with Gasteiger partial charge >= 0.3 is 0 Å². The van der Waals surface area contributed by atoms with Gasteiger partial charge in [0.1, 0.15) is 11.6 Å². The molecule has 3 aromatic heterocycles. The molecule has 5 nitrogen and oxygen atoms in total. The van der Waals surface area contributed by atoms with E-state index >= 15 is 0 Å². The van der Waals surface area contributed by atoms with Crippen LogP contribution in [0.3, 0.4) is 0 Å². The van der Waals surface area contributed by atoms with Gasteiger partial charge in [-0.25, -0.2) is 18.4 Å². The average Bonchev–Trinajstić information content (AvgIpc) is 2.79. The standard InChI is InChI=1S/C14H11F2N5/c1-17-7-12-10-5-9(15)6-19-14(10)21(20-12)8-13-11(16)3-2-4-18-13/h2-6H,1,7-8H2. The van der Waals surface area contributed by atoms with E-state index in [1.54, 1.807) is 0 Å². The molecule has 0 aromatic carbocycles. The van der Waals surface area contributed by atoms with Crippen LogP contribution in [0.25, 0.3) is 11.0 Å². The van der Waals surface area contributed by atoms with Gasteiger partial charge in [-0.15, -0.1) is 0 Å². The van der Waals surface area contributed by atoms with Gasteiger partial charge in [-0.05, 0) is 24.9 Å². The first-order chi connectivity index (χ1) is 10.2. The quantitative estimate of drug-likeness (QED) is 0.692. The molecule has 0 saturated carbocycles. The minimum absolute atomic E-state index is 0.110. The Morgan fingerprint density at radius 3 is 2.86 bits per heavy atom. The van der Waals surface area contributed by atoms with Gasteiger partial charge in [0, 0.05) is 11.6 Å². The molecular weight excluding hydrogens is 276 g/mol. The number of fused-ring (bicyclic) bond motifs is 1. The van der Waals surface area contributed by atoms with E-state index < -0.39 is 11.6 Å². The van der Waals surface area contributed by atoms with Gasteiger partial charge in [-0.1, -0.05) is 0 Å². The maximum atomic E-state index is 13.7. The highest BCUT2D eigenvalue weighted by Gasteiger charge is 2.14. The maximum Gasteiger partial charge on any atom is 0.158 e. The second kappa shape index (κ2) is 5.35. The van der Waals surface area contributed by atoms with Crippen molar-refractivity contribution in [2.45, 2.75) is 13.1 Å². The van der Waals surface area contributed by atoms with Crippen molar-refractivity contribution in [2.75, 3.05) is 0 Å². The summed E-state index contributed by atoms with van der Waals surface area (Å²) >= 11 is 0. The van der Waals surface area contributed by atoms with Crippen molar-refractivity contribution in [3.8, 4) is 0 Å². The minimum atomic E-state index is -0.462. The largest absolute Gasteiger partial charge is 0.294 e. The summed E-state index contributed by atoms with van der Waals surface area (Å²) in [7, 11) is 0. The predicted octanol–water partition coefficient (Wildman–Crippen LogP) is 2.35. The molecule has 106 valence electrons. The number of hydrogen-bond acceptors (Lipinski definition) is 4. The topological polar surface area (TPSA) is 56.0 Å². The Morgan fingerprint density at radius 1 is 1.24 bits per heavy atom. The number of aliphatic imine (C=N–C) groups is 1. The van der Waals surface area contributed by atoms with Gasteiger partial charge in [0.05, 0.1) is 30.7 Å². The van der Waals surface area contributed by atoms with Crippen LogP contribution in [0.4, 0.5) is 8.78 Å². The second-order valence-electron chi connectivity index (χ2n) is 4.44. The van der Waals surface area contributed by atoms with Gasteiger partial charge in [-0.3, -0.25) is 9.98 Å². The number of aromatic nitrogens is 4. The summed E-state index contributed by atoms with van der Waals surface area (Å²) in [5.41, 5.74) is 1.24. The normalized spacial score (nSPS) is 11.0. The lowest BCUT2D eigenvalue weighted by Crippen LogP contribution is -2.06. The summed E-state index contributed by atoms with van der Waals surface area (Å²) < 4.78 is 28.5. The van der Waals surface area contributed by atoms with Crippen molar-refractivity contribution in [3.63, 3.8) is 0 Å². The number of rotatable bonds is 4. The molecule has 0 saturated heterocycles. The molecule has 0 aliphatic carbocycles. The summed E-state index contributed by atoms with van der Waals surface area (Å²) in [4.78, 5) is 11.8. The highest BCUT2D eigenvalue weighted by molar-refractivity contribution is 5.78. The van der Waals surface area contributed by atoms with Crippen LogP contribution in [-0.2, 0) is 13.1 Å². The minimum Gasteiger partial charge on any atom is -0.294 e. The molecule has 7 heteroatoms. The fourth-order valence-corrected chi connectivity index (χ4v) is 2.11. The van der Waals surface area contributed by atoms with Gasteiger partial charge in [0.2, 0.25) is 0 Å². The summed E-state index contributed by atoms with van der Waals surface area (Å²) in [5, 5.41) is 4.84. The lowest BCUT2D eigenvalue weighted by molar-refractivity contribution is 0.572. The molecule has 0 radical (unpaired) electrons. The van der Waals surface area contributed by atoms with Crippen LogP contribution in [0.5, 0.6) is 0 Å². The van der Waals surface area contributed by atoms with E-state index in [-0.39, 0.29) is 18.8 Å². The van der Waals surface area contributed by atoms with Gasteiger partial charge in [0.25, 0.3) is 0 Å². The van der Waals surface area contributed by atoms with Crippen LogP contribution in [0, 0.1) is 11.6 Å². The molecule has 0 atom stereocenters. The first-order valence-corrected chi connectivity index (χ1v) is 6.22. The molecule has 0 spiro atoms. The van der Waals surface area contributed by atoms with Crippen LogP contribution in [0.1, 0.15) is 11.4 Å². The smallest absolute Gasteiger partial charge is 0.158 e. The van der Waals surface area contributed by atoms with Crippen LogP contribution < -0.4 is 0 Å². The SMILES string of the molecule is C=NCc1nn(Cc2ncccc2F)c2ncc(F)cc12. The number of hydrogen-bond donors (Lipinski definition) is 0. The Labute approximate surface area is 119 Å². The van der Waals surface area contributed by atoms with Crippen molar-refractivity contribution < 1.29 is 8.78 Å². The highest BCUT2D eigenvalue weighted by atomic mass is 19.1. The highest BCUT2D eigenvalue weighted by Crippen LogP contribution is 2.19. The van der Waals surface area contributed by atoms with E-state index in [0.717, 1.165) is 6.20 Å². The Kier molecular flexibility index (Phi) is 3.39. The van der Waals surface area contributed by atoms with Gasteiger partial charge in [0.15, 0.2) is 5.65 Å². The van der Waals surface area contributed by atoms with E-state index in [2.05, 4.69) is 26.8 Å². The Balaban J connectivity index is 2.10. The van der Waals surface area contributed by atoms with Crippen LogP contribution in [0.2, 0.25) is 0 Å². The molecule has 3 aromatic rings. The Hall–Kier alpha value is -2.70. The van der Waals surface area contributed by atoms with E-state index in [9.17, 15) is 8.78 Å². The first-order valence-electron chi connectivity index (χ1n) is 6.22. The molecule has 0 N–H and O–H groups in total. The van der Waals surface area contributed by atoms with Gasteiger partial charge in [-0.2, -0.15) is 5.10 Å². The summed E-state index contributed by atoms with van der Waals surface area (Å²) in [5.74, 6) is -0.886. The molecule has 0 amide bonds. The third kappa shape index (κ3) is 2.49. The lowest BCUT2D eigenvalue weighted by atomic mass is 10.2. The molecule has 0 fully saturated rings. The van der Waals surface area contributed by atoms with Crippen LogP contribution in [-0.4, -0.2) is 26.5 Å². The fourth-order valence-electron chi connectivity index (χ4n) is 2.11. The van der Waals surface area contributed by atoms with Gasteiger partial charge < -0.3 is 0 Å². The van der Waals surface area contributed by atoms with E-state index in [4.69, 9.17) is 0 Å². The third-order valence-corrected chi connectivity index (χ3v) is 3.03. The first kappa shape index (κ1) is 13.3. The number of pyridine rings is 2. The van der Waals surface area contributed by atoms with E-state index in [1.165, 1.54) is 29.1 Å². The zero-order chi connectivity index (χ0) is 14.8. The predicted molar refractivity (Wildman–Crippen MR) is 74.0 cm³/mol. The molecule has 0 unspecified atom stereocenters. The van der Waals surface area contributed by atoms with Crippen molar-refractivity contribution in [1.82, 2.24) is 19.7 Å². The number of nitrogens with zero attached hydrogens (tertiary/aromatic N) is 5. The average molecular weight is 287 g/mol. The molecular formula is C14H11F2N5. The zero-order valence-electron chi connectivity index (χ0n) is 11.0. The summed E-state index contributed by atoms with van der Waals surface area (Å²) in [6, 6.07) is 4.18. The summed E-state index contributed by atoms with van der Waals surface area (Å²) in [6.45, 7) is 3.75. The molecule has 0 aliphatic rings. The van der Waals surface area contributed by atoms with Crippen molar-refractivity contribution >= 4 is 17.8 Å². The van der Waals surface area contributed by atoms with Crippen LogP contribution in [0.15, 0.2) is 35.6 Å². The molecule has 21 heavy (non-hydrogen) atoms. The molecule has 0 bridgehead atoms. The van der Waals surface area contributed by atoms with E-state index in [1.807, 2.05) is 0 Å². The lowest BCUT2D eigenvalue weighted by Gasteiger charge is -2.03. The molecule has 3 heterocycles. The van der Waals surface area contributed by atoms with Crippen molar-refractivity contribution in [3.05, 3.63) is 53.6 Å². The monoisotopic (exact) mass is 287 g/mol. The Bertz CT molecular complexity index is 812. The Morgan fingerprint density at radius 2 is 2.10 bits per heavy atom. The van der Waals surface area contributed by atoms with Crippen molar-refractivity contribution in [2.24, 2.45) is 4.99 Å². The molecule has 3 rings (SSSR count). The summed E-state index contributed by atoms with van der Waals surface area (Å²) in [6.07, 6.45) is 2.60. The third-order valence-electron chi connectivity index (χ3n) is 3.03. The zero-order valence-corrected chi connectivity index (χ0v) is 11.0. The maximum absolute atomic E-state index is 13.7.